The van der Waals surface area contributed by atoms with Crippen LogP contribution in [0.3, 0.4) is 0 Å². The first-order valence-electron chi connectivity index (χ1n) is 6.85. The van der Waals surface area contributed by atoms with Gasteiger partial charge in [0, 0.05) is 11.9 Å². The first-order valence-corrected chi connectivity index (χ1v) is 7.67. The Bertz CT molecular complexity index is 409. The zero-order valence-corrected chi connectivity index (χ0v) is 12.3. The quantitative estimate of drug-likeness (QED) is 0.874. The fraction of sp³-hybridized carbons (Fsp3) is 0.600. The van der Waals surface area contributed by atoms with Gasteiger partial charge in [0.05, 0.1) is 11.8 Å². The normalized spacial score (nSPS) is 24.1. The van der Waals surface area contributed by atoms with Gasteiger partial charge in [-0.25, -0.2) is 0 Å². The summed E-state index contributed by atoms with van der Waals surface area (Å²) in [6.07, 6.45) is 3.88. The van der Waals surface area contributed by atoms with Gasteiger partial charge in [-0.1, -0.05) is 50.6 Å². The molecule has 1 aliphatic rings. The molecule has 0 aliphatic carbocycles. The Kier molecular flexibility index (Phi) is 4.23. The van der Waals surface area contributed by atoms with Crippen LogP contribution in [-0.4, -0.2) is 23.1 Å². The van der Waals surface area contributed by atoms with E-state index in [0.717, 1.165) is 19.3 Å². The number of rotatable bonds is 5. The van der Waals surface area contributed by atoms with Crippen molar-refractivity contribution in [2.24, 2.45) is 0 Å². The Balaban J connectivity index is 2.33. The number of aliphatic hydroxyl groups excluding tert-OH is 1. The molecule has 100 valence electrons. The first-order chi connectivity index (χ1) is 8.65. The molecule has 0 unspecified atom stereocenters. The number of unbranched alkanes of at least 4 members (excludes halogenated alkanes) is 1. The minimum atomic E-state index is -0.286. The summed E-state index contributed by atoms with van der Waals surface area (Å²) < 4.78 is 0. The van der Waals surface area contributed by atoms with Crippen molar-refractivity contribution in [3.63, 3.8) is 0 Å². The molecule has 1 aliphatic heterocycles. The summed E-state index contributed by atoms with van der Waals surface area (Å²) in [5.41, 5.74) is 1.26. The van der Waals surface area contributed by atoms with Crippen molar-refractivity contribution >= 4 is 17.4 Å². The zero-order valence-electron chi connectivity index (χ0n) is 11.5. The Morgan fingerprint density at radius 3 is 2.67 bits per heavy atom. The lowest BCUT2D eigenvalue weighted by Gasteiger charge is -2.40. The van der Waals surface area contributed by atoms with E-state index in [0.29, 0.717) is 0 Å². The number of para-hydroxylation sites is 1. The minimum Gasteiger partial charge on any atom is -0.390 e. The van der Waals surface area contributed by atoms with Crippen molar-refractivity contribution in [2.75, 3.05) is 11.9 Å². The van der Waals surface area contributed by atoms with Crippen LogP contribution in [0.4, 0.5) is 5.69 Å². The Morgan fingerprint density at radius 2 is 2.06 bits per heavy atom. The average Bonchev–Trinajstić information content (AvgIpc) is 2.70. The van der Waals surface area contributed by atoms with E-state index in [1.807, 2.05) is 11.8 Å². The molecule has 0 fully saturated rings. The van der Waals surface area contributed by atoms with Crippen molar-refractivity contribution in [1.29, 1.82) is 0 Å². The molecule has 1 aromatic carbocycles. The van der Waals surface area contributed by atoms with Crippen LogP contribution < -0.4 is 4.90 Å². The number of thioether (sulfide) groups is 1. The number of aliphatic hydroxyl groups is 1. The maximum atomic E-state index is 10.5. The molecule has 1 N–H and O–H groups in total. The highest BCUT2D eigenvalue weighted by Gasteiger charge is 2.46. The second kappa shape index (κ2) is 5.54. The molecular weight excluding hydrogens is 242 g/mol. The number of fused-ring (bicyclic) bond motifs is 1. The van der Waals surface area contributed by atoms with E-state index in [-0.39, 0.29) is 11.0 Å². The van der Waals surface area contributed by atoms with Gasteiger partial charge in [-0.3, -0.25) is 0 Å². The van der Waals surface area contributed by atoms with Crippen LogP contribution in [0.15, 0.2) is 29.2 Å². The van der Waals surface area contributed by atoms with Crippen LogP contribution in [0.2, 0.25) is 0 Å². The van der Waals surface area contributed by atoms with Crippen LogP contribution in [0.25, 0.3) is 0 Å². The molecule has 3 heteroatoms. The first kappa shape index (κ1) is 13.8. The lowest BCUT2D eigenvalue weighted by Crippen LogP contribution is -2.50. The predicted octanol–water partition coefficient (Wildman–Crippen LogP) is 3.89. The average molecular weight is 265 g/mol. The number of anilines is 1. The van der Waals surface area contributed by atoms with E-state index in [4.69, 9.17) is 0 Å². The molecule has 0 aromatic heterocycles. The van der Waals surface area contributed by atoms with Gasteiger partial charge < -0.3 is 10.0 Å². The standard InChI is InChI=1S/C15H23NOS/c1-4-6-11-15(14(17)5-2)16(3)12-9-7-8-10-13(12)18-15/h7-10,14,17H,4-6,11H2,1-3H3/t14-,15-/m1/s1. The van der Waals surface area contributed by atoms with Crippen molar-refractivity contribution in [3.05, 3.63) is 24.3 Å². The van der Waals surface area contributed by atoms with E-state index < -0.39 is 0 Å². The zero-order chi connectivity index (χ0) is 13.2. The molecule has 1 aromatic rings. The van der Waals surface area contributed by atoms with Gasteiger partial charge in [0.25, 0.3) is 0 Å². The van der Waals surface area contributed by atoms with Crippen molar-refractivity contribution < 1.29 is 5.11 Å². The maximum absolute atomic E-state index is 10.5. The van der Waals surface area contributed by atoms with Crippen LogP contribution in [-0.2, 0) is 0 Å². The second-order valence-corrected chi connectivity index (χ2v) is 6.35. The monoisotopic (exact) mass is 265 g/mol. The molecule has 18 heavy (non-hydrogen) atoms. The molecule has 0 spiro atoms. The lowest BCUT2D eigenvalue weighted by atomic mass is 9.99. The molecule has 2 atom stereocenters. The van der Waals surface area contributed by atoms with Gasteiger partial charge in [-0.05, 0) is 25.0 Å². The number of benzene rings is 1. The molecule has 0 radical (unpaired) electrons. The Hall–Kier alpha value is -0.670. The molecule has 1 heterocycles. The van der Waals surface area contributed by atoms with E-state index in [1.54, 1.807) is 0 Å². The third-order valence-corrected chi connectivity index (χ3v) is 5.55. The minimum absolute atomic E-state index is 0.172. The highest BCUT2D eigenvalue weighted by atomic mass is 32.2. The number of nitrogens with zero attached hydrogens (tertiary/aromatic N) is 1. The molecule has 0 amide bonds. The fourth-order valence-corrected chi connectivity index (χ4v) is 4.33. The smallest absolute Gasteiger partial charge is 0.116 e. The van der Waals surface area contributed by atoms with Gasteiger partial charge in [-0.2, -0.15) is 0 Å². The van der Waals surface area contributed by atoms with Crippen LogP contribution in [0, 0.1) is 0 Å². The van der Waals surface area contributed by atoms with Gasteiger partial charge in [0.2, 0.25) is 0 Å². The van der Waals surface area contributed by atoms with E-state index >= 15 is 0 Å². The SMILES string of the molecule is CCCC[C@]1([C@H](O)CC)Sc2ccccc2N1C. The maximum Gasteiger partial charge on any atom is 0.116 e. The Labute approximate surface area is 114 Å². The summed E-state index contributed by atoms with van der Waals surface area (Å²) in [5, 5.41) is 10.5. The van der Waals surface area contributed by atoms with Crippen molar-refractivity contribution in [2.45, 2.75) is 55.4 Å². The van der Waals surface area contributed by atoms with Crippen molar-refractivity contribution in [1.82, 2.24) is 0 Å². The van der Waals surface area contributed by atoms with Gasteiger partial charge >= 0.3 is 0 Å². The lowest BCUT2D eigenvalue weighted by molar-refractivity contribution is 0.119. The summed E-state index contributed by atoms with van der Waals surface area (Å²) in [4.78, 5) is 3.41. The van der Waals surface area contributed by atoms with Crippen LogP contribution in [0.1, 0.15) is 39.5 Å². The number of hydrogen-bond acceptors (Lipinski definition) is 3. The summed E-state index contributed by atoms with van der Waals surface area (Å²) in [5.74, 6) is 0. The van der Waals surface area contributed by atoms with Crippen LogP contribution >= 0.6 is 11.8 Å². The van der Waals surface area contributed by atoms with E-state index in [1.165, 1.54) is 17.0 Å². The highest BCUT2D eigenvalue weighted by Crippen LogP contribution is 2.53. The molecule has 2 nitrogen and oxygen atoms in total. The summed E-state index contributed by atoms with van der Waals surface area (Å²) >= 11 is 1.84. The number of hydrogen-bond donors (Lipinski definition) is 1. The highest BCUT2D eigenvalue weighted by molar-refractivity contribution is 8.01. The van der Waals surface area contributed by atoms with Crippen LogP contribution in [0.5, 0.6) is 0 Å². The second-order valence-electron chi connectivity index (χ2n) is 5.00. The number of likely N-dealkylation sites (N-methyl/N-ethyl adjacent to an activating group) is 1. The van der Waals surface area contributed by atoms with Gasteiger partial charge in [0.15, 0.2) is 0 Å². The largest absolute Gasteiger partial charge is 0.390 e. The van der Waals surface area contributed by atoms with Gasteiger partial charge in [-0.15, -0.1) is 0 Å². The fourth-order valence-electron chi connectivity index (χ4n) is 2.71. The molecule has 0 bridgehead atoms. The molecule has 0 saturated heterocycles. The van der Waals surface area contributed by atoms with E-state index in [2.05, 4.69) is 50.1 Å². The molecular formula is C15H23NOS. The molecule has 0 saturated carbocycles. The van der Waals surface area contributed by atoms with Crippen molar-refractivity contribution in [3.8, 4) is 0 Å². The topological polar surface area (TPSA) is 23.5 Å². The van der Waals surface area contributed by atoms with E-state index in [9.17, 15) is 5.11 Å². The summed E-state index contributed by atoms with van der Waals surface area (Å²) in [7, 11) is 2.12. The summed E-state index contributed by atoms with van der Waals surface area (Å²) in [6.45, 7) is 4.27. The third-order valence-electron chi connectivity index (χ3n) is 3.88. The summed E-state index contributed by atoms with van der Waals surface area (Å²) in [6, 6.07) is 8.46. The van der Waals surface area contributed by atoms with Gasteiger partial charge in [0.1, 0.15) is 4.87 Å². The predicted molar refractivity (Wildman–Crippen MR) is 79.3 cm³/mol. The Morgan fingerprint density at radius 1 is 1.33 bits per heavy atom. The third kappa shape index (κ3) is 2.14. The molecule has 2 rings (SSSR count).